The number of benzene rings is 1. The first-order valence-corrected chi connectivity index (χ1v) is 6.72. The Morgan fingerprint density at radius 2 is 2.17 bits per heavy atom. The minimum Gasteiger partial charge on any atom is -0.399 e. The van der Waals surface area contributed by atoms with E-state index in [0.717, 1.165) is 0 Å². The van der Waals surface area contributed by atoms with Gasteiger partial charge in [0.05, 0.1) is 10.5 Å². The van der Waals surface area contributed by atoms with Crippen molar-refractivity contribution in [2.45, 2.75) is 17.7 Å². The van der Waals surface area contributed by atoms with E-state index in [-0.39, 0.29) is 17.0 Å². The van der Waals surface area contributed by atoms with E-state index >= 15 is 0 Å². The third-order valence-electron chi connectivity index (χ3n) is 2.20. The molecule has 0 aliphatic heterocycles. The van der Waals surface area contributed by atoms with Crippen molar-refractivity contribution < 1.29 is 8.42 Å². The predicted molar refractivity (Wildman–Crippen MR) is 68.8 cm³/mol. The van der Waals surface area contributed by atoms with Crippen molar-refractivity contribution in [2.75, 3.05) is 12.3 Å². The quantitative estimate of drug-likeness (QED) is 0.467. The van der Waals surface area contributed by atoms with Gasteiger partial charge in [0.2, 0.25) is 10.0 Å². The fourth-order valence-corrected chi connectivity index (χ4v) is 2.55. The topological polar surface area (TPSA) is 96.0 Å². The van der Waals surface area contributed by atoms with Gasteiger partial charge in [-0.05, 0) is 24.6 Å². The number of nitrogen functional groups attached to an aromatic ring is 1. The van der Waals surface area contributed by atoms with Crippen LogP contribution < -0.4 is 10.5 Å². The summed E-state index contributed by atoms with van der Waals surface area (Å²) in [6.45, 7) is 0.238. The smallest absolute Gasteiger partial charge is 0.241 e. The van der Waals surface area contributed by atoms with Crippen LogP contribution in [0.5, 0.6) is 0 Å². The molecule has 0 atom stereocenters. The average molecular weight is 263 g/mol. The predicted octanol–water partition coefficient (Wildman–Crippen LogP) is 0.832. The van der Waals surface area contributed by atoms with Gasteiger partial charge in [-0.1, -0.05) is 0 Å². The molecule has 0 fully saturated rings. The van der Waals surface area contributed by atoms with E-state index in [1.165, 1.54) is 18.2 Å². The molecule has 94 valence electrons. The SMILES string of the molecule is C#CCCCNS(=O)(=O)c1ccc(N)cc1C#N. The average Bonchev–Trinajstić information content (AvgIpc) is 2.34. The molecule has 1 aromatic carbocycles. The van der Waals surface area contributed by atoms with Crippen molar-refractivity contribution in [1.82, 2.24) is 4.72 Å². The molecule has 0 bridgehead atoms. The number of hydrogen-bond acceptors (Lipinski definition) is 4. The fraction of sp³-hybridized carbons (Fsp3) is 0.250. The van der Waals surface area contributed by atoms with Gasteiger partial charge in [0.15, 0.2) is 0 Å². The normalized spacial score (nSPS) is 10.6. The third kappa shape index (κ3) is 3.49. The standard InChI is InChI=1S/C12H13N3O2S/c1-2-3-4-7-15-18(16,17)12-6-5-11(14)8-10(12)9-13/h1,5-6,8,15H,3-4,7,14H2. The molecule has 0 aromatic heterocycles. The molecule has 0 unspecified atom stereocenters. The second kappa shape index (κ2) is 6.06. The molecule has 5 nitrogen and oxygen atoms in total. The molecule has 1 aromatic rings. The molecule has 18 heavy (non-hydrogen) atoms. The van der Waals surface area contributed by atoms with Crippen molar-refractivity contribution in [3.63, 3.8) is 0 Å². The van der Waals surface area contributed by atoms with Crippen LogP contribution >= 0.6 is 0 Å². The number of rotatable bonds is 5. The van der Waals surface area contributed by atoms with Gasteiger partial charge in [0, 0.05) is 18.7 Å². The highest BCUT2D eigenvalue weighted by Crippen LogP contribution is 2.17. The molecule has 0 saturated heterocycles. The highest BCUT2D eigenvalue weighted by Gasteiger charge is 2.17. The Bertz CT molecular complexity index is 609. The number of nitrogens with one attached hydrogen (secondary N) is 1. The van der Waals surface area contributed by atoms with Gasteiger partial charge in [0.1, 0.15) is 6.07 Å². The molecule has 0 radical (unpaired) electrons. The van der Waals surface area contributed by atoms with E-state index in [2.05, 4.69) is 10.6 Å². The van der Waals surface area contributed by atoms with Crippen LogP contribution in [0.1, 0.15) is 18.4 Å². The van der Waals surface area contributed by atoms with Crippen molar-refractivity contribution in [3.05, 3.63) is 23.8 Å². The van der Waals surface area contributed by atoms with Gasteiger partial charge in [-0.15, -0.1) is 12.3 Å². The zero-order valence-electron chi connectivity index (χ0n) is 9.68. The summed E-state index contributed by atoms with van der Waals surface area (Å²) in [7, 11) is -3.70. The maximum Gasteiger partial charge on any atom is 0.241 e. The summed E-state index contributed by atoms with van der Waals surface area (Å²) < 4.78 is 26.3. The van der Waals surface area contributed by atoms with Crippen LogP contribution in [-0.2, 0) is 10.0 Å². The molecule has 0 spiro atoms. The number of nitriles is 1. The second-order valence-electron chi connectivity index (χ2n) is 3.57. The Labute approximate surface area is 107 Å². The van der Waals surface area contributed by atoms with Crippen molar-refractivity contribution >= 4 is 15.7 Å². The fourth-order valence-electron chi connectivity index (χ4n) is 1.34. The van der Waals surface area contributed by atoms with Gasteiger partial charge in [-0.25, -0.2) is 13.1 Å². The molecule has 6 heteroatoms. The van der Waals surface area contributed by atoms with Crippen LogP contribution in [0, 0.1) is 23.7 Å². The van der Waals surface area contributed by atoms with Gasteiger partial charge in [-0.2, -0.15) is 5.26 Å². The lowest BCUT2D eigenvalue weighted by Crippen LogP contribution is -2.25. The van der Waals surface area contributed by atoms with Crippen LogP contribution in [0.3, 0.4) is 0 Å². The molecule has 0 heterocycles. The second-order valence-corrected chi connectivity index (χ2v) is 5.31. The molecule has 0 aliphatic rings. The monoisotopic (exact) mass is 263 g/mol. The zero-order valence-corrected chi connectivity index (χ0v) is 10.5. The summed E-state index contributed by atoms with van der Waals surface area (Å²) >= 11 is 0. The van der Waals surface area contributed by atoms with Crippen LogP contribution in [0.25, 0.3) is 0 Å². The van der Waals surface area contributed by atoms with Gasteiger partial charge in [0.25, 0.3) is 0 Å². The number of anilines is 1. The molecule has 0 saturated carbocycles. The lowest BCUT2D eigenvalue weighted by atomic mass is 10.2. The van der Waals surface area contributed by atoms with Gasteiger partial charge in [-0.3, -0.25) is 0 Å². The highest BCUT2D eigenvalue weighted by atomic mass is 32.2. The summed E-state index contributed by atoms with van der Waals surface area (Å²) in [5, 5.41) is 8.89. The van der Waals surface area contributed by atoms with Crippen LogP contribution in [0.15, 0.2) is 23.1 Å². The molecule has 0 amide bonds. The Balaban J connectivity index is 2.93. The minimum absolute atomic E-state index is 0.0273. The molecular formula is C12H13N3O2S. The van der Waals surface area contributed by atoms with E-state index in [1.807, 2.05) is 6.07 Å². The number of unbranched alkanes of at least 4 members (excludes halogenated alkanes) is 1. The van der Waals surface area contributed by atoms with Crippen LogP contribution in [0.4, 0.5) is 5.69 Å². The Kier molecular flexibility index (Phi) is 4.73. The summed E-state index contributed by atoms with van der Waals surface area (Å²) in [5.74, 6) is 2.42. The van der Waals surface area contributed by atoms with E-state index in [0.29, 0.717) is 18.5 Å². The summed E-state index contributed by atoms with van der Waals surface area (Å²) in [6, 6.07) is 5.90. The maximum absolute atomic E-state index is 11.9. The largest absolute Gasteiger partial charge is 0.399 e. The van der Waals surface area contributed by atoms with Crippen LogP contribution in [0.2, 0.25) is 0 Å². The Hall–Kier alpha value is -2.02. The first-order chi connectivity index (χ1) is 8.51. The lowest BCUT2D eigenvalue weighted by molar-refractivity contribution is 0.579. The molecule has 0 aliphatic carbocycles. The van der Waals surface area contributed by atoms with Gasteiger partial charge < -0.3 is 5.73 Å². The summed E-state index contributed by atoms with van der Waals surface area (Å²) in [4.78, 5) is -0.0695. The van der Waals surface area contributed by atoms with E-state index in [9.17, 15) is 8.42 Å². The molecular weight excluding hydrogens is 250 g/mol. The van der Waals surface area contributed by atoms with E-state index < -0.39 is 10.0 Å². The molecule has 3 N–H and O–H groups in total. The Morgan fingerprint density at radius 3 is 2.78 bits per heavy atom. The third-order valence-corrected chi connectivity index (χ3v) is 3.72. The summed E-state index contributed by atoms with van der Waals surface area (Å²) in [5.41, 5.74) is 5.87. The number of nitrogens with two attached hydrogens (primary N) is 1. The summed E-state index contributed by atoms with van der Waals surface area (Å²) in [6.07, 6.45) is 6.11. The number of sulfonamides is 1. The Morgan fingerprint density at radius 1 is 1.44 bits per heavy atom. The lowest BCUT2D eigenvalue weighted by Gasteiger charge is -2.07. The van der Waals surface area contributed by atoms with E-state index in [1.54, 1.807) is 0 Å². The first kappa shape index (κ1) is 14.0. The number of nitrogens with zero attached hydrogens (tertiary/aromatic N) is 1. The minimum atomic E-state index is -3.70. The van der Waals surface area contributed by atoms with Crippen LogP contribution in [-0.4, -0.2) is 15.0 Å². The first-order valence-electron chi connectivity index (χ1n) is 5.24. The van der Waals surface area contributed by atoms with E-state index in [4.69, 9.17) is 17.4 Å². The number of hydrogen-bond donors (Lipinski definition) is 2. The highest BCUT2D eigenvalue weighted by molar-refractivity contribution is 7.89. The van der Waals surface area contributed by atoms with Crippen molar-refractivity contribution in [2.24, 2.45) is 0 Å². The zero-order chi connectivity index (χ0) is 13.6. The maximum atomic E-state index is 11.9. The van der Waals surface area contributed by atoms with Crippen molar-refractivity contribution in [1.29, 1.82) is 5.26 Å². The van der Waals surface area contributed by atoms with Crippen molar-refractivity contribution in [3.8, 4) is 18.4 Å². The number of terminal acetylenes is 1. The molecule has 1 rings (SSSR count). The van der Waals surface area contributed by atoms with Gasteiger partial charge >= 0.3 is 0 Å².